The molecule has 1 unspecified atom stereocenters. The summed E-state index contributed by atoms with van der Waals surface area (Å²) in [5, 5.41) is 3.30. The first-order valence-corrected chi connectivity index (χ1v) is 9.92. The third-order valence-corrected chi connectivity index (χ3v) is 5.24. The summed E-state index contributed by atoms with van der Waals surface area (Å²) in [4.78, 5) is 9.58. The summed E-state index contributed by atoms with van der Waals surface area (Å²) in [6.07, 6.45) is 4.00. The number of piperidine rings is 1. The van der Waals surface area contributed by atoms with Gasteiger partial charge in [-0.05, 0) is 51.5 Å². The standard InChI is InChI=1S/C22H33FN4/c1-22(2,3)15-27-12-10-16(11-13-27)20-18(14-24-21(25-20)26(4)5)17-8-6-7-9-19(17)23/h6-9,14,16,21,24H,10-13,15H2,1-5H3. The fourth-order valence-electron chi connectivity index (χ4n) is 3.99. The Hall–Kier alpha value is -1.72. The van der Waals surface area contributed by atoms with E-state index in [1.165, 1.54) is 6.07 Å². The minimum atomic E-state index is -0.188. The van der Waals surface area contributed by atoms with Crippen molar-refractivity contribution in [2.45, 2.75) is 39.9 Å². The van der Waals surface area contributed by atoms with Crippen molar-refractivity contribution in [1.29, 1.82) is 0 Å². The maximum atomic E-state index is 14.5. The molecule has 1 aromatic rings. The molecule has 0 aliphatic carbocycles. The van der Waals surface area contributed by atoms with E-state index in [-0.39, 0.29) is 12.1 Å². The van der Waals surface area contributed by atoms with Crippen LogP contribution in [0.4, 0.5) is 4.39 Å². The zero-order chi connectivity index (χ0) is 19.6. The second-order valence-electron chi connectivity index (χ2n) is 9.17. The number of benzene rings is 1. The van der Waals surface area contributed by atoms with Crippen molar-refractivity contribution >= 4 is 11.3 Å². The number of allylic oxidation sites excluding steroid dienone is 1. The summed E-state index contributed by atoms with van der Waals surface area (Å²) in [6, 6.07) is 7.00. The summed E-state index contributed by atoms with van der Waals surface area (Å²) in [6.45, 7) is 10.1. The first-order valence-electron chi connectivity index (χ1n) is 9.92. The predicted octanol–water partition coefficient (Wildman–Crippen LogP) is 3.81. The van der Waals surface area contributed by atoms with Crippen LogP contribution in [0.5, 0.6) is 0 Å². The molecule has 0 aromatic heterocycles. The van der Waals surface area contributed by atoms with Crippen molar-refractivity contribution < 1.29 is 4.39 Å². The van der Waals surface area contributed by atoms with Gasteiger partial charge in [0, 0.05) is 29.8 Å². The molecule has 3 rings (SSSR count). The molecule has 1 saturated heterocycles. The largest absolute Gasteiger partial charge is 0.357 e. The Morgan fingerprint density at radius 1 is 1.19 bits per heavy atom. The lowest BCUT2D eigenvalue weighted by molar-refractivity contribution is 0.152. The van der Waals surface area contributed by atoms with Gasteiger partial charge in [0.15, 0.2) is 6.29 Å². The lowest BCUT2D eigenvalue weighted by Crippen LogP contribution is -2.44. The van der Waals surface area contributed by atoms with E-state index in [0.717, 1.165) is 43.8 Å². The van der Waals surface area contributed by atoms with Gasteiger partial charge in [0.25, 0.3) is 0 Å². The molecule has 0 amide bonds. The summed E-state index contributed by atoms with van der Waals surface area (Å²) < 4.78 is 14.5. The lowest BCUT2D eigenvalue weighted by atomic mass is 9.84. The fraction of sp³-hybridized carbons (Fsp3) is 0.591. The van der Waals surface area contributed by atoms with Crippen LogP contribution in [0.15, 0.2) is 35.5 Å². The molecule has 0 spiro atoms. The number of aliphatic imine (C=N–C) groups is 1. The van der Waals surface area contributed by atoms with Gasteiger partial charge in [0.05, 0.1) is 5.71 Å². The van der Waals surface area contributed by atoms with Gasteiger partial charge in [0.2, 0.25) is 0 Å². The second kappa shape index (κ2) is 8.11. The van der Waals surface area contributed by atoms with E-state index in [1.807, 2.05) is 37.3 Å². The predicted molar refractivity (Wildman–Crippen MR) is 111 cm³/mol. The van der Waals surface area contributed by atoms with E-state index in [4.69, 9.17) is 4.99 Å². The highest BCUT2D eigenvalue weighted by atomic mass is 19.1. The first-order chi connectivity index (χ1) is 12.7. The highest BCUT2D eigenvalue weighted by Gasteiger charge is 2.31. The van der Waals surface area contributed by atoms with Gasteiger partial charge in [-0.3, -0.25) is 4.90 Å². The van der Waals surface area contributed by atoms with Crippen LogP contribution in [-0.2, 0) is 0 Å². The highest BCUT2D eigenvalue weighted by Crippen LogP contribution is 2.31. The Bertz CT molecular complexity index is 709. The Morgan fingerprint density at radius 2 is 1.85 bits per heavy atom. The fourth-order valence-corrected chi connectivity index (χ4v) is 3.99. The van der Waals surface area contributed by atoms with Crippen LogP contribution in [0.1, 0.15) is 39.2 Å². The third kappa shape index (κ3) is 4.96. The molecule has 148 valence electrons. The number of hydrogen-bond donors (Lipinski definition) is 1. The summed E-state index contributed by atoms with van der Waals surface area (Å²) in [5.41, 5.74) is 2.90. The van der Waals surface area contributed by atoms with Gasteiger partial charge in [0.1, 0.15) is 5.82 Å². The molecule has 1 fully saturated rings. The van der Waals surface area contributed by atoms with Gasteiger partial charge >= 0.3 is 0 Å². The van der Waals surface area contributed by atoms with Crippen molar-refractivity contribution in [1.82, 2.24) is 15.1 Å². The SMILES string of the molecule is CN(C)C1N=C(C2CCN(CC(C)(C)C)CC2)C(c2ccccc2F)=CN1. The third-order valence-electron chi connectivity index (χ3n) is 5.24. The molecule has 2 aliphatic rings. The number of nitrogens with zero attached hydrogens (tertiary/aromatic N) is 3. The molecule has 0 saturated carbocycles. The quantitative estimate of drug-likeness (QED) is 0.872. The van der Waals surface area contributed by atoms with Gasteiger partial charge in [-0.25, -0.2) is 9.38 Å². The van der Waals surface area contributed by atoms with E-state index < -0.39 is 0 Å². The molecular formula is C22H33FN4. The van der Waals surface area contributed by atoms with Crippen LogP contribution in [0, 0.1) is 17.2 Å². The number of halogens is 1. The van der Waals surface area contributed by atoms with Gasteiger partial charge in [-0.15, -0.1) is 0 Å². The van der Waals surface area contributed by atoms with Gasteiger partial charge in [-0.1, -0.05) is 39.0 Å². The van der Waals surface area contributed by atoms with Crippen LogP contribution in [0.2, 0.25) is 0 Å². The van der Waals surface area contributed by atoms with Crippen molar-refractivity contribution in [3.05, 3.63) is 41.8 Å². The maximum Gasteiger partial charge on any atom is 0.175 e. The van der Waals surface area contributed by atoms with Gasteiger partial charge < -0.3 is 10.2 Å². The Balaban J connectivity index is 1.81. The molecule has 2 heterocycles. The van der Waals surface area contributed by atoms with E-state index >= 15 is 0 Å². The molecule has 27 heavy (non-hydrogen) atoms. The van der Waals surface area contributed by atoms with E-state index in [1.54, 1.807) is 6.07 Å². The van der Waals surface area contributed by atoms with Crippen LogP contribution < -0.4 is 5.32 Å². The number of hydrogen-bond acceptors (Lipinski definition) is 4. The monoisotopic (exact) mass is 372 g/mol. The maximum absolute atomic E-state index is 14.5. The van der Waals surface area contributed by atoms with E-state index in [0.29, 0.717) is 16.9 Å². The van der Waals surface area contributed by atoms with E-state index in [9.17, 15) is 4.39 Å². The molecule has 5 heteroatoms. The molecule has 0 radical (unpaired) electrons. The number of rotatable bonds is 4. The normalized spacial score (nSPS) is 22.4. The average Bonchev–Trinajstić information content (AvgIpc) is 2.61. The van der Waals surface area contributed by atoms with Crippen LogP contribution in [0.3, 0.4) is 0 Å². The van der Waals surface area contributed by atoms with Crippen LogP contribution in [-0.4, -0.2) is 55.5 Å². The smallest absolute Gasteiger partial charge is 0.175 e. The zero-order valence-corrected chi connectivity index (χ0v) is 17.3. The summed E-state index contributed by atoms with van der Waals surface area (Å²) in [7, 11) is 4.01. The minimum absolute atomic E-state index is 0.0943. The Kier molecular flexibility index (Phi) is 6.02. The number of nitrogens with one attached hydrogen (secondary N) is 1. The lowest BCUT2D eigenvalue weighted by Gasteiger charge is -2.38. The van der Waals surface area contributed by atoms with Crippen LogP contribution in [0.25, 0.3) is 5.57 Å². The van der Waals surface area contributed by atoms with Crippen LogP contribution >= 0.6 is 0 Å². The molecular weight excluding hydrogens is 339 g/mol. The van der Waals surface area contributed by atoms with E-state index in [2.05, 4.69) is 31.0 Å². The molecule has 1 atom stereocenters. The summed E-state index contributed by atoms with van der Waals surface area (Å²) >= 11 is 0. The van der Waals surface area contributed by atoms with Crippen molar-refractivity contribution in [3.63, 3.8) is 0 Å². The summed E-state index contributed by atoms with van der Waals surface area (Å²) in [5.74, 6) is 0.184. The highest BCUT2D eigenvalue weighted by molar-refractivity contribution is 6.25. The van der Waals surface area contributed by atoms with Crippen molar-refractivity contribution in [2.24, 2.45) is 16.3 Å². The Morgan fingerprint density at radius 3 is 2.44 bits per heavy atom. The van der Waals surface area contributed by atoms with Gasteiger partial charge in [-0.2, -0.15) is 0 Å². The molecule has 1 N–H and O–H groups in total. The topological polar surface area (TPSA) is 30.9 Å². The van der Waals surface area contributed by atoms with Crippen molar-refractivity contribution in [3.8, 4) is 0 Å². The minimum Gasteiger partial charge on any atom is -0.357 e. The molecule has 2 aliphatic heterocycles. The molecule has 0 bridgehead atoms. The molecule has 4 nitrogen and oxygen atoms in total. The van der Waals surface area contributed by atoms with Crippen molar-refractivity contribution in [2.75, 3.05) is 33.7 Å². The molecule has 1 aromatic carbocycles. The average molecular weight is 373 g/mol. The Labute approximate surface area is 163 Å². The first kappa shape index (κ1) is 20.0. The zero-order valence-electron chi connectivity index (χ0n) is 17.3. The number of likely N-dealkylation sites (tertiary alicyclic amines) is 1. The second-order valence-corrected chi connectivity index (χ2v) is 9.17.